The fraction of sp³-hybridized carbons (Fsp3) is 0.500. The van der Waals surface area contributed by atoms with E-state index < -0.39 is 0 Å². The molecule has 1 aromatic carbocycles. The third kappa shape index (κ3) is 2.70. The summed E-state index contributed by atoms with van der Waals surface area (Å²) in [5.41, 5.74) is 2.92. The number of hydrogen-bond acceptors (Lipinski definition) is 0. The first kappa shape index (κ1) is 13.0. The van der Waals surface area contributed by atoms with Crippen molar-refractivity contribution in [3.05, 3.63) is 41.5 Å². The first-order valence-electron chi connectivity index (χ1n) is 6.63. The molecule has 0 bridgehead atoms. The summed E-state index contributed by atoms with van der Waals surface area (Å²) in [5, 5.41) is 0. The van der Waals surface area contributed by atoms with E-state index in [1.165, 1.54) is 49.7 Å². The Morgan fingerprint density at radius 3 is 2.41 bits per heavy atom. The van der Waals surface area contributed by atoms with E-state index in [9.17, 15) is 0 Å². The van der Waals surface area contributed by atoms with Gasteiger partial charge in [0, 0.05) is 0 Å². The van der Waals surface area contributed by atoms with Crippen molar-refractivity contribution in [2.45, 2.75) is 44.4 Å². The van der Waals surface area contributed by atoms with Crippen LogP contribution in [0.1, 0.15) is 55.6 Å². The van der Waals surface area contributed by atoms with Gasteiger partial charge >= 0.3 is 18.9 Å². The van der Waals surface area contributed by atoms with Gasteiger partial charge in [-0.25, -0.2) is 6.08 Å². The Kier molecular flexibility index (Phi) is 4.54. The van der Waals surface area contributed by atoms with Gasteiger partial charge in [0.2, 0.25) is 0 Å². The Morgan fingerprint density at radius 2 is 1.65 bits per heavy atom. The third-order valence-corrected chi connectivity index (χ3v) is 4.12. The summed E-state index contributed by atoms with van der Waals surface area (Å²) < 4.78 is 0. The molecule has 0 N–H and O–H groups in total. The molecule has 2 aliphatic carbocycles. The van der Waals surface area contributed by atoms with Crippen molar-refractivity contribution < 1.29 is 18.9 Å². The summed E-state index contributed by atoms with van der Waals surface area (Å²) in [6.07, 6.45) is 14.3. The quantitative estimate of drug-likeness (QED) is 0.381. The van der Waals surface area contributed by atoms with E-state index in [2.05, 4.69) is 36.4 Å². The average Bonchev–Trinajstić information content (AvgIpc) is 2.57. The van der Waals surface area contributed by atoms with E-state index in [4.69, 9.17) is 0 Å². The van der Waals surface area contributed by atoms with Crippen LogP contribution in [0.25, 0.3) is 6.08 Å². The predicted octanol–water partition coefficient (Wildman–Crippen LogP) is 1.57. The maximum atomic E-state index is 3.59. The fourth-order valence-electron chi connectivity index (χ4n) is 3.23. The summed E-state index contributed by atoms with van der Waals surface area (Å²) in [7, 11) is 0. The maximum absolute atomic E-state index is 3.59. The zero-order valence-electron chi connectivity index (χ0n) is 10.8. The van der Waals surface area contributed by atoms with Crippen LogP contribution in [0.15, 0.2) is 24.3 Å². The first-order valence-corrected chi connectivity index (χ1v) is 6.63. The van der Waals surface area contributed by atoms with E-state index in [1.54, 1.807) is 0 Å². The molecule has 0 aliphatic heterocycles. The van der Waals surface area contributed by atoms with Crippen molar-refractivity contribution in [3.8, 4) is 0 Å². The second kappa shape index (κ2) is 5.94. The van der Waals surface area contributed by atoms with E-state index >= 15 is 0 Å². The average molecular weight is 218 g/mol. The molecule has 0 nitrogen and oxygen atoms in total. The SMILES string of the molecule is [C-]1=Cc2ccccc2C1C1CCCCCC1.[Li+]. The van der Waals surface area contributed by atoms with Crippen molar-refractivity contribution >= 4 is 6.08 Å². The number of rotatable bonds is 1. The zero-order chi connectivity index (χ0) is 10.8. The molecule has 17 heavy (non-hydrogen) atoms. The van der Waals surface area contributed by atoms with Gasteiger partial charge in [-0.2, -0.15) is 5.56 Å². The van der Waals surface area contributed by atoms with Crippen LogP contribution in [0.5, 0.6) is 0 Å². The molecular weight excluding hydrogens is 199 g/mol. The Morgan fingerprint density at radius 1 is 0.941 bits per heavy atom. The summed E-state index contributed by atoms with van der Waals surface area (Å²) in [5.74, 6) is 1.44. The van der Waals surface area contributed by atoms with Crippen molar-refractivity contribution in [1.82, 2.24) is 0 Å². The Balaban J connectivity index is 0.00000108. The molecular formula is C16H19Li. The van der Waals surface area contributed by atoms with Crippen LogP contribution in [0.4, 0.5) is 0 Å². The molecule has 1 aromatic rings. The molecule has 1 heteroatoms. The van der Waals surface area contributed by atoms with Gasteiger partial charge in [-0.1, -0.05) is 62.6 Å². The molecule has 3 rings (SSSR count). The Hall–Kier alpha value is -0.443. The van der Waals surface area contributed by atoms with E-state index in [1.807, 2.05) is 0 Å². The molecule has 0 radical (unpaired) electrons. The van der Waals surface area contributed by atoms with Crippen LogP contribution < -0.4 is 18.9 Å². The molecule has 0 aromatic heterocycles. The number of fused-ring (bicyclic) bond motifs is 1. The molecule has 0 heterocycles. The molecule has 0 spiro atoms. The van der Waals surface area contributed by atoms with Gasteiger partial charge in [0.15, 0.2) is 0 Å². The van der Waals surface area contributed by atoms with Gasteiger partial charge in [-0.15, -0.1) is 11.6 Å². The van der Waals surface area contributed by atoms with Gasteiger partial charge in [-0.3, -0.25) is 6.08 Å². The molecule has 1 unspecified atom stereocenters. The number of allylic oxidation sites excluding steroid dienone is 1. The molecule has 0 saturated heterocycles. The van der Waals surface area contributed by atoms with E-state index in [0.717, 1.165) is 5.92 Å². The standard InChI is InChI=1S/C16H19.Li/c1-2-4-8-13(7-3-1)16-12-11-14-9-5-6-10-15(14)16;/h5-6,9-11,13,16H,1-4,7-8H2;/q-1;+1. The number of benzene rings is 1. The smallest absolute Gasteiger partial charge is 0.268 e. The third-order valence-electron chi connectivity index (χ3n) is 4.12. The van der Waals surface area contributed by atoms with E-state index in [0.29, 0.717) is 5.92 Å². The minimum Gasteiger partial charge on any atom is -0.268 e. The van der Waals surface area contributed by atoms with Gasteiger partial charge in [-0.05, 0) is 5.92 Å². The minimum absolute atomic E-state index is 0. The normalized spacial score (nSPS) is 23.9. The molecule has 1 fully saturated rings. The van der Waals surface area contributed by atoms with Crippen LogP contribution in [-0.2, 0) is 0 Å². The van der Waals surface area contributed by atoms with Crippen LogP contribution >= 0.6 is 0 Å². The van der Waals surface area contributed by atoms with Crippen molar-refractivity contribution in [2.75, 3.05) is 0 Å². The summed E-state index contributed by atoms with van der Waals surface area (Å²) in [6.45, 7) is 0. The molecule has 0 amide bonds. The summed E-state index contributed by atoms with van der Waals surface area (Å²) >= 11 is 0. The van der Waals surface area contributed by atoms with Gasteiger partial charge in [0.05, 0.1) is 0 Å². The Bertz CT molecular complexity index is 386. The van der Waals surface area contributed by atoms with Crippen molar-refractivity contribution in [3.63, 3.8) is 0 Å². The molecule has 2 aliphatic rings. The first-order chi connectivity index (χ1) is 7.95. The van der Waals surface area contributed by atoms with Gasteiger partial charge in [0.1, 0.15) is 0 Å². The van der Waals surface area contributed by atoms with Crippen molar-refractivity contribution in [2.24, 2.45) is 5.92 Å². The molecule has 1 saturated carbocycles. The van der Waals surface area contributed by atoms with Gasteiger partial charge in [0.25, 0.3) is 0 Å². The topological polar surface area (TPSA) is 0 Å². The second-order valence-corrected chi connectivity index (χ2v) is 5.17. The molecule has 84 valence electrons. The summed E-state index contributed by atoms with van der Waals surface area (Å²) in [6, 6.07) is 8.82. The van der Waals surface area contributed by atoms with Crippen LogP contribution in [0.2, 0.25) is 0 Å². The second-order valence-electron chi connectivity index (χ2n) is 5.17. The monoisotopic (exact) mass is 218 g/mol. The van der Waals surface area contributed by atoms with Crippen LogP contribution in [-0.4, -0.2) is 0 Å². The summed E-state index contributed by atoms with van der Waals surface area (Å²) in [4.78, 5) is 0. The number of hydrogen-bond donors (Lipinski definition) is 0. The zero-order valence-corrected chi connectivity index (χ0v) is 10.8. The van der Waals surface area contributed by atoms with Crippen LogP contribution in [0.3, 0.4) is 0 Å². The van der Waals surface area contributed by atoms with Crippen molar-refractivity contribution in [1.29, 1.82) is 0 Å². The molecule has 1 atom stereocenters. The van der Waals surface area contributed by atoms with Crippen LogP contribution in [0, 0.1) is 12.0 Å². The minimum atomic E-state index is 0. The fourth-order valence-corrected chi connectivity index (χ4v) is 3.23. The van der Waals surface area contributed by atoms with Gasteiger partial charge < -0.3 is 0 Å². The Labute approximate surface area is 117 Å². The largest absolute Gasteiger partial charge is 1.00 e. The van der Waals surface area contributed by atoms with E-state index in [-0.39, 0.29) is 18.9 Å². The maximum Gasteiger partial charge on any atom is 1.00 e. The predicted molar refractivity (Wildman–Crippen MR) is 68.1 cm³/mol.